The van der Waals surface area contributed by atoms with Gasteiger partial charge in [-0.3, -0.25) is 4.79 Å². The third kappa shape index (κ3) is 3.80. The molecule has 2 aliphatic rings. The number of hydrogen-bond donors (Lipinski definition) is 2. The van der Waals surface area contributed by atoms with E-state index in [0.29, 0.717) is 30.7 Å². The van der Waals surface area contributed by atoms with Crippen LogP contribution in [0.1, 0.15) is 55.5 Å². The van der Waals surface area contributed by atoms with Crippen LogP contribution in [0.15, 0.2) is 23.1 Å². The van der Waals surface area contributed by atoms with Gasteiger partial charge in [0.05, 0.1) is 4.90 Å². The number of hydrogen-bond acceptors (Lipinski definition) is 4. The molecule has 0 aromatic heterocycles. The number of aryl methyl sites for hydroxylation is 1. The summed E-state index contributed by atoms with van der Waals surface area (Å²) >= 11 is 0. The first-order valence-electron chi connectivity index (χ1n) is 9.52. The molecule has 0 saturated carbocycles. The smallest absolute Gasteiger partial charge is 0.251 e. The summed E-state index contributed by atoms with van der Waals surface area (Å²) in [6.07, 6.45) is 4.23. The number of nitrogens with zero attached hydrogens (tertiary/aromatic N) is 1. The molecule has 2 unspecified atom stereocenters. The van der Waals surface area contributed by atoms with E-state index >= 15 is 0 Å². The number of nitrogens with one attached hydrogen (secondary N) is 2. The van der Waals surface area contributed by atoms with Gasteiger partial charge >= 0.3 is 0 Å². The second kappa shape index (κ2) is 7.66. The van der Waals surface area contributed by atoms with Gasteiger partial charge in [0.15, 0.2) is 0 Å². The Kier molecular flexibility index (Phi) is 5.69. The summed E-state index contributed by atoms with van der Waals surface area (Å²) in [5, 5.41) is 6.69. The fraction of sp³-hybridized carbons (Fsp3) is 0.632. The topological polar surface area (TPSA) is 78.5 Å². The standard InChI is InChI=1S/C19H29N3O3S/c1-4-22(5-2)26(24,25)17-9-6-13(3)18(12-17)19(23)21-16-10-14-7-8-15(11-16)20-14/h6,9,12,14-16,20H,4-5,7-8,10-11H2,1-3H3,(H,21,23). The Bertz CT molecular complexity index is 762. The van der Waals surface area contributed by atoms with E-state index in [1.165, 1.54) is 23.2 Å². The third-order valence-corrected chi connectivity index (χ3v) is 7.65. The maximum absolute atomic E-state index is 12.8. The van der Waals surface area contributed by atoms with Crippen molar-refractivity contribution in [1.82, 2.24) is 14.9 Å². The Morgan fingerprint density at radius 3 is 2.38 bits per heavy atom. The minimum absolute atomic E-state index is 0.156. The number of carbonyl (C=O) groups excluding carboxylic acids is 1. The average molecular weight is 380 g/mol. The maximum Gasteiger partial charge on any atom is 0.251 e. The number of rotatable bonds is 6. The van der Waals surface area contributed by atoms with Crippen LogP contribution >= 0.6 is 0 Å². The minimum Gasteiger partial charge on any atom is -0.349 e. The van der Waals surface area contributed by atoms with Gasteiger partial charge in [0.1, 0.15) is 0 Å². The predicted molar refractivity (Wildman–Crippen MR) is 102 cm³/mol. The number of sulfonamides is 1. The molecule has 0 spiro atoms. The van der Waals surface area contributed by atoms with Crippen molar-refractivity contribution in [2.75, 3.05) is 13.1 Å². The monoisotopic (exact) mass is 379 g/mol. The highest BCUT2D eigenvalue weighted by molar-refractivity contribution is 7.89. The molecule has 2 atom stereocenters. The van der Waals surface area contributed by atoms with E-state index in [0.717, 1.165) is 18.4 Å². The normalized spacial score (nSPS) is 25.5. The summed E-state index contributed by atoms with van der Waals surface area (Å²) in [6.45, 7) is 6.29. The highest BCUT2D eigenvalue weighted by atomic mass is 32.2. The number of amides is 1. The lowest BCUT2D eigenvalue weighted by Crippen LogP contribution is -2.48. The molecule has 2 bridgehead atoms. The Balaban J connectivity index is 1.80. The van der Waals surface area contributed by atoms with Crippen LogP contribution in [0, 0.1) is 6.92 Å². The summed E-state index contributed by atoms with van der Waals surface area (Å²) in [5.41, 5.74) is 1.24. The van der Waals surface area contributed by atoms with Gasteiger partial charge in [0.25, 0.3) is 5.91 Å². The highest BCUT2D eigenvalue weighted by Gasteiger charge is 2.34. The summed E-state index contributed by atoms with van der Waals surface area (Å²) in [5.74, 6) is -0.176. The van der Waals surface area contributed by atoms with Crippen molar-refractivity contribution >= 4 is 15.9 Å². The fourth-order valence-electron chi connectivity index (χ4n) is 4.16. The van der Waals surface area contributed by atoms with Gasteiger partial charge in [-0.1, -0.05) is 19.9 Å². The molecule has 0 aliphatic carbocycles. The van der Waals surface area contributed by atoms with Crippen LogP contribution < -0.4 is 10.6 Å². The zero-order chi connectivity index (χ0) is 18.9. The molecule has 1 aromatic rings. The fourth-order valence-corrected chi connectivity index (χ4v) is 5.64. The van der Waals surface area contributed by atoms with Gasteiger partial charge in [-0.25, -0.2) is 8.42 Å². The lowest BCUT2D eigenvalue weighted by atomic mass is 9.99. The summed E-state index contributed by atoms with van der Waals surface area (Å²) in [6, 6.07) is 5.98. The molecule has 3 rings (SSSR count). The van der Waals surface area contributed by atoms with Crippen LogP contribution in [-0.4, -0.2) is 49.8 Å². The number of piperidine rings is 1. The van der Waals surface area contributed by atoms with E-state index < -0.39 is 10.0 Å². The molecule has 2 fully saturated rings. The van der Waals surface area contributed by atoms with Crippen molar-refractivity contribution in [2.45, 2.75) is 69.5 Å². The zero-order valence-corrected chi connectivity index (χ0v) is 16.6. The van der Waals surface area contributed by atoms with Crippen molar-refractivity contribution < 1.29 is 13.2 Å². The van der Waals surface area contributed by atoms with Crippen LogP contribution in [0.3, 0.4) is 0 Å². The van der Waals surface area contributed by atoms with Crippen molar-refractivity contribution in [3.8, 4) is 0 Å². The molecule has 2 N–H and O–H groups in total. The Hall–Kier alpha value is -1.44. The molecule has 2 heterocycles. The highest BCUT2D eigenvalue weighted by Crippen LogP contribution is 2.27. The molecular formula is C19H29N3O3S. The van der Waals surface area contributed by atoms with Gasteiger partial charge in [0, 0.05) is 36.8 Å². The Labute approximate surface area is 156 Å². The molecule has 1 aromatic carbocycles. The Morgan fingerprint density at radius 2 is 1.81 bits per heavy atom. The van der Waals surface area contributed by atoms with E-state index in [9.17, 15) is 13.2 Å². The molecule has 7 heteroatoms. The summed E-state index contributed by atoms with van der Waals surface area (Å²) in [7, 11) is -3.57. The minimum atomic E-state index is -3.57. The quantitative estimate of drug-likeness (QED) is 0.793. The molecule has 144 valence electrons. The lowest BCUT2D eigenvalue weighted by Gasteiger charge is -2.30. The van der Waals surface area contributed by atoms with Crippen LogP contribution in [0.25, 0.3) is 0 Å². The van der Waals surface area contributed by atoms with Crippen LogP contribution in [0.2, 0.25) is 0 Å². The first kappa shape index (κ1) is 19.3. The summed E-state index contributed by atoms with van der Waals surface area (Å²) in [4.78, 5) is 13.0. The molecule has 1 amide bonds. The van der Waals surface area contributed by atoms with E-state index in [1.807, 2.05) is 20.8 Å². The van der Waals surface area contributed by atoms with E-state index in [1.54, 1.807) is 12.1 Å². The van der Waals surface area contributed by atoms with Gasteiger partial charge in [-0.15, -0.1) is 0 Å². The first-order valence-corrected chi connectivity index (χ1v) is 11.0. The molecule has 2 saturated heterocycles. The second-order valence-corrected chi connectivity index (χ2v) is 9.28. The SMILES string of the molecule is CCN(CC)S(=O)(=O)c1ccc(C)c(C(=O)NC2CC3CCC(C2)N3)c1. The predicted octanol–water partition coefficient (Wildman–Crippen LogP) is 2.04. The van der Waals surface area contributed by atoms with Gasteiger partial charge in [-0.05, 0) is 50.3 Å². The molecular weight excluding hydrogens is 350 g/mol. The van der Waals surface area contributed by atoms with Gasteiger partial charge in [0.2, 0.25) is 10.0 Å². The largest absolute Gasteiger partial charge is 0.349 e. The lowest BCUT2D eigenvalue weighted by molar-refractivity contribution is 0.0923. The van der Waals surface area contributed by atoms with Crippen molar-refractivity contribution in [3.05, 3.63) is 29.3 Å². The van der Waals surface area contributed by atoms with Crippen molar-refractivity contribution in [1.29, 1.82) is 0 Å². The summed E-state index contributed by atoms with van der Waals surface area (Å²) < 4.78 is 26.9. The average Bonchev–Trinajstić information content (AvgIpc) is 2.94. The molecule has 6 nitrogen and oxygen atoms in total. The Morgan fingerprint density at radius 1 is 1.19 bits per heavy atom. The first-order chi connectivity index (χ1) is 12.3. The number of benzene rings is 1. The van der Waals surface area contributed by atoms with Gasteiger partial charge < -0.3 is 10.6 Å². The number of fused-ring (bicyclic) bond motifs is 2. The van der Waals surface area contributed by atoms with Gasteiger partial charge in [-0.2, -0.15) is 4.31 Å². The second-order valence-electron chi connectivity index (χ2n) is 7.35. The van der Waals surface area contributed by atoms with E-state index in [4.69, 9.17) is 0 Å². The zero-order valence-electron chi connectivity index (χ0n) is 15.8. The van der Waals surface area contributed by atoms with E-state index in [2.05, 4.69) is 10.6 Å². The van der Waals surface area contributed by atoms with Crippen LogP contribution in [0.4, 0.5) is 0 Å². The van der Waals surface area contributed by atoms with Crippen LogP contribution in [0.5, 0.6) is 0 Å². The van der Waals surface area contributed by atoms with Crippen molar-refractivity contribution in [3.63, 3.8) is 0 Å². The molecule has 2 aliphatic heterocycles. The van der Waals surface area contributed by atoms with Crippen LogP contribution in [-0.2, 0) is 10.0 Å². The van der Waals surface area contributed by atoms with Crippen molar-refractivity contribution in [2.24, 2.45) is 0 Å². The third-order valence-electron chi connectivity index (χ3n) is 5.61. The number of carbonyl (C=O) groups is 1. The molecule has 0 radical (unpaired) electrons. The molecule has 26 heavy (non-hydrogen) atoms. The van der Waals surface area contributed by atoms with E-state index in [-0.39, 0.29) is 16.8 Å². The maximum atomic E-state index is 12.8.